The van der Waals surface area contributed by atoms with E-state index in [9.17, 15) is 9.90 Å². The van der Waals surface area contributed by atoms with E-state index in [2.05, 4.69) is 11.0 Å². The summed E-state index contributed by atoms with van der Waals surface area (Å²) >= 11 is 6.09. The summed E-state index contributed by atoms with van der Waals surface area (Å²) in [4.78, 5) is 16.9. The SMILES string of the molecule is O=C(C1CC1)N1C[C@@H]2CCN(Cc3cccc(Cl)c3)C[C@]2(CO)C1. The molecule has 0 spiro atoms. The lowest BCUT2D eigenvalue weighted by Gasteiger charge is -2.43. The third kappa shape index (κ3) is 3.07. The fourth-order valence-corrected chi connectivity index (χ4v) is 4.70. The van der Waals surface area contributed by atoms with Gasteiger partial charge in [0.1, 0.15) is 0 Å². The van der Waals surface area contributed by atoms with E-state index in [0.717, 1.165) is 57.0 Å². The Morgan fingerprint density at radius 3 is 2.83 bits per heavy atom. The largest absolute Gasteiger partial charge is 0.396 e. The van der Waals surface area contributed by atoms with Crippen LogP contribution in [0, 0.1) is 17.3 Å². The van der Waals surface area contributed by atoms with E-state index in [4.69, 9.17) is 11.6 Å². The molecule has 4 rings (SSSR count). The van der Waals surface area contributed by atoms with Crippen LogP contribution in [0.15, 0.2) is 24.3 Å². The van der Waals surface area contributed by atoms with Crippen molar-refractivity contribution in [2.24, 2.45) is 17.3 Å². The van der Waals surface area contributed by atoms with Crippen LogP contribution < -0.4 is 0 Å². The lowest BCUT2D eigenvalue weighted by atomic mass is 9.74. The maximum Gasteiger partial charge on any atom is 0.225 e. The van der Waals surface area contributed by atoms with Crippen molar-refractivity contribution in [2.45, 2.75) is 25.8 Å². The number of piperidine rings is 1. The van der Waals surface area contributed by atoms with Gasteiger partial charge in [-0.05, 0) is 49.4 Å². The molecule has 1 aromatic rings. The Hall–Kier alpha value is -1.10. The molecule has 0 unspecified atom stereocenters. The summed E-state index contributed by atoms with van der Waals surface area (Å²) < 4.78 is 0. The Morgan fingerprint density at radius 1 is 1.29 bits per heavy atom. The molecule has 2 saturated heterocycles. The molecule has 5 heteroatoms. The molecule has 3 fully saturated rings. The van der Waals surface area contributed by atoms with Crippen molar-refractivity contribution >= 4 is 17.5 Å². The van der Waals surface area contributed by atoms with Gasteiger partial charge < -0.3 is 10.0 Å². The van der Waals surface area contributed by atoms with E-state index in [1.54, 1.807) is 0 Å². The number of nitrogens with zero attached hydrogens (tertiary/aromatic N) is 2. The minimum Gasteiger partial charge on any atom is -0.396 e. The smallest absolute Gasteiger partial charge is 0.225 e. The predicted octanol–water partition coefficient (Wildman–Crippen LogP) is 2.39. The topological polar surface area (TPSA) is 43.8 Å². The highest BCUT2D eigenvalue weighted by Gasteiger charge is 2.51. The van der Waals surface area contributed by atoms with Crippen LogP contribution in [0.3, 0.4) is 0 Å². The number of carbonyl (C=O) groups is 1. The number of aliphatic hydroxyl groups excluding tert-OH is 1. The predicted molar refractivity (Wildman–Crippen MR) is 93.7 cm³/mol. The number of carbonyl (C=O) groups excluding carboxylic acids is 1. The molecular formula is C19H25ClN2O2. The lowest BCUT2D eigenvalue weighted by Crippen LogP contribution is -2.50. The summed E-state index contributed by atoms with van der Waals surface area (Å²) in [5.74, 6) is 1.02. The molecule has 2 heterocycles. The van der Waals surface area contributed by atoms with Gasteiger partial charge in [-0.25, -0.2) is 0 Å². The number of hydrogen-bond donors (Lipinski definition) is 1. The Bertz CT molecular complexity index is 634. The van der Waals surface area contributed by atoms with Gasteiger partial charge in [0.05, 0.1) is 6.61 Å². The van der Waals surface area contributed by atoms with Gasteiger partial charge in [-0.3, -0.25) is 9.69 Å². The van der Waals surface area contributed by atoms with Gasteiger partial charge in [0, 0.05) is 42.5 Å². The van der Waals surface area contributed by atoms with E-state index in [-0.39, 0.29) is 17.9 Å². The van der Waals surface area contributed by atoms with Crippen LogP contribution in [-0.4, -0.2) is 53.6 Å². The van der Waals surface area contributed by atoms with E-state index in [1.807, 2.05) is 23.1 Å². The van der Waals surface area contributed by atoms with Gasteiger partial charge in [0.25, 0.3) is 0 Å². The molecule has 1 amide bonds. The third-order valence-corrected chi connectivity index (χ3v) is 6.23. The number of fused-ring (bicyclic) bond motifs is 1. The summed E-state index contributed by atoms with van der Waals surface area (Å²) in [6.07, 6.45) is 3.15. The van der Waals surface area contributed by atoms with Gasteiger partial charge in [-0.15, -0.1) is 0 Å². The Balaban J connectivity index is 1.46. The Labute approximate surface area is 148 Å². The van der Waals surface area contributed by atoms with E-state index < -0.39 is 0 Å². The van der Waals surface area contributed by atoms with Crippen LogP contribution in [0.2, 0.25) is 5.02 Å². The van der Waals surface area contributed by atoms with Crippen molar-refractivity contribution in [3.63, 3.8) is 0 Å². The minimum atomic E-state index is -0.151. The van der Waals surface area contributed by atoms with Crippen LogP contribution in [0.1, 0.15) is 24.8 Å². The zero-order valence-corrected chi connectivity index (χ0v) is 14.7. The molecule has 4 nitrogen and oxygen atoms in total. The number of benzene rings is 1. The summed E-state index contributed by atoms with van der Waals surface area (Å²) in [6, 6.07) is 7.99. The molecule has 1 saturated carbocycles. The molecule has 0 aromatic heterocycles. The first-order valence-electron chi connectivity index (χ1n) is 8.96. The van der Waals surface area contributed by atoms with Crippen molar-refractivity contribution in [1.82, 2.24) is 9.80 Å². The number of amides is 1. The maximum absolute atomic E-state index is 12.4. The van der Waals surface area contributed by atoms with Crippen LogP contribution in [0.4, 0.5) is 0 Å². The fraction of sp³-hybridized carbons (Fsp3) is 0.632. The van der Waals surface area contributed by atoms with Gasteiger partial charge in [0.2, 0.25) is 5.91 Å². The normalized spacial score (nSPS) is 30.4. The second kappa shape index (κ2) is 6.32. The second-order valence-corrected chi connectivity index (χ2v) is 8.28. The van der Waals surface area contributed by atoms with E-state index >= 15 is 0 Å². The monoisotopic (exact) mass is 348 g/mol. The summed E-state index contributed by atoms with van der Waals surface area (Å²) in [5, 5.41) is 10.9. The zero-order chi connectivity index (χ0) is 16.7. The first kappa shape index (κ1) is 16.4. The number of hydrogen-bond acceptors (Lipinski definition) is 3. The highest BCUT2D eigenvalue weighted by atomic mass is 35.5. The zero-order valence-electron chi connectivity index (χ0n) is 14.0. The van der Waals surface area contributed by atoms with Crippen molar-refractivity contribution in [3.8, 4) is 0 Å². The number of likely N-dealkylation sites (tertiary alicyclic amines) is 2. The van der Waals surface area contributed by atoms with Gasteiger partial charge in [-0.2, -0.15) is 0 Å². The minimum absolute atomic E-state index is 0.151. The standard InChI is InChI=1S/C19H25ClN2O2/c20-17-3-1-2-14(8-17)9-21-7-6-16-10-22(18(24)15-4-5-15)12-19(16,11-21)13-23/h1-3,8,15-16,23H,4-7,9-13H2/t16-,19+/m0/s1. The Kier molecular flexibility index (Phi) is 4.31. The van der Waals surface area contributed by atoms with E-state index in [0.29, 0.717) is 11.8 Å². The molecule has 2 atom stereocenters. The van der Waals surface area contributed by atoms with Crippen molar-refractivity contribution < 1.29 is 9.90 Å². The van der Waals surface area contributed by atoms with Crippen LogP contribution in [0.25, 0.3) is 0 Å². The van der Waals surface area contributed by atoms with Gasteiger partial charge in [-0.1, -0.05) is 23.7 Å². The van der Waals surface area contributed by atoms with Crippen LogP contribution in [-0.2, 0) is 11.3 Å². The molecule has 24 heavy (non-hydrogen) atoms. The first-order chi connectivity index (χ1) is 11.6. The number of rotatable bonds is 4. The molecule has 3 aliphatic rings. The molecule has 0 bridgehead atoms. The van der Waals surface area contributed by atoms with Crippen molar-refractivity contribution in [1.29, 1.82) is 0 Å². The average Bonchev–Trinajstić information content (AvgIpc) is 3.34. The van der Waals surface area contributed by atoms with Crippen LogP contribution >= 0.6 is 11.6 Å². The summed E-state index contributed by atoms with van der Waals surface area (Å²) in [5.41, 5.74) is 1.06. The van der Waals surface area contributed by atoms with Crippen LogP contribution in [0.5, 0.6) is 0 Å². The van der Waals surface area contributed by atoms with Gasteiger partial charge >= 0.3 is 0 Å². The van der Waals surface area contributed by atoms with E-state index in [1.165, 1.54) is 5.56 Å². The second-order valence-electron chi connectivity index (χ2n) is 7.84. The van der Waals surface area contributed by atoms with Crippen molar-refractivity contribution in [3.05, 3.63) is 34.9 Å². The average molecular weight is 349 g/mol. The quantitative estimate of drug-likeness (QED) is 0.908. The molecule has 2 aliphatic heterocycles. The summed E-state index contributed by atoms with van der Waals surface area (Å²) in [6.45, 7) is 4.44. The molecule has 1 aromatic carbocycles. The highest BCUT2D eigenvalue weighted by molar-refractivity contribution is 6.30. The lowest BCUT2D eigenvalue weighted by molar-refractivity contribution is -0.132. The number of aliphatic hydroxyl groups is 1. The first-order valence-corrected chi connectivity index (χ1v) is 9.34. The summed E-state index contributed by atoms with van der Waals surface area (Å²) in [7, 11) is 0. The molecule has 1 aliphatic carbocycles. The van der Waals surface area contributed by atoms with Gasteiger partial charge in [0.15, 0.2) is 0 Å². The third-order valence-electron chi connectivity index (χ3n) is 5.99. The molecule has 0 radical (unpaired) electrons. The van der Waals surface area contributed by atoms with Crippen molar-refractivity contribution in [2.75, 3.05) is 32.8 Å². The molecule has 130 valence electrons. The molecule has 1 N–H and O–H groups in total. The maximum atomic E-state index is 12.4. The number of halogens is 1. The molecular weight excluding hydrogens is 324 g/mol. The fourth-order valence-electron chi connectivity index (χ4n) is 4.49. The highest BCUT2D eigenvalue weighted by Crippen LogP contribution is 2.44. The Morgan fingerprint density at radius 2 is 2.12 bits per heavy atom.